The summed E-state index contributed by atoms with van der Waals surface area (Å²) in [4.78, 5) is 0. The lowest BCUT2D eigenvalue weighted by atomic mass is 9.56. The minimum atomic E-state index is -0.640. The summed E-state index contributed by atoms with van der Waals surface area (Å²) in [6, 6.07) is 0. The highest BCUT2D eigenvalue weighted by Gasteiger charge is 2.55. The summed E-state index contributed by atoms with van der Waals surface area (Å²) in [7, 11) is 0. The maximum Gasteiger partial charge on any atom is 0.0765 e. The quantitative estimate of drug-likeness (QED) is 0.833. The fourth-order valence-corrected chi connectivity index (χ4v) is 4.54. The first-order valence-electron chi connectivity index (χ1n) is 8.49. The van der Waals surface area contributed by atoms with Crippen LogP contribution in [0, 0.1) is 11.3 Å². The maximum atomic E-state index is 11.5. The van der Waals surface area contributed by atoms with Crippen molar-refractivity contribution in [3.05, 3.63) is 0 Å². The predicted molar refractivity (Wildman–Crippen MR) is 82.6 cm³/mol. The van der Waals surface area contributed by atoms with Gasteiger partial charge in [-0.15, -0.1) is 0 Å². The molecule has 0 aromatic rings. The second-order valence-corrected chi connectivity index (χ2v) is 7.47. The van der Waals surface area contributed by atoms with Gasteiger partial charge in [-0.1, -0.05) is 33.1 Å². The normalized spacial score (nSPS) is 46.4. The Morgan fingerprint density at radius 3 is 2.65 bits per heavy atom. The van der Waals surface area contributed by atoms with Crippen molar-refractivity contribution in [1.29, 1.82) is 0 Å². The van der Waals surface area contributed by atoms with Crippen molar-refractivity contribution in [3.63, 3.8) is 0 Å². The molecule has 2 aliphatic rings. The molecule has 4 atom stereocenters. The molecule has 2 rings (SSSR count). The van der Waals surface area contributed by atoms with Crippen LogP contribution in [-0.2, 0) is 4.74 Å². The Kier molecular flexibility index (Phi) is 4.83. The van der Waals surface area contributed by atoms with E-state index in [2.05, 4.69) is 20.8 Å². The second kappa shape index (κ2) is 5.94. The van der Waals surface area contributed by atoms with Gasteiger partial charge in [-0.25, -0.2) is 0 Å². The third-order valence-corrected chi connectivity index (χ3v) is 6.28. The first-order valence-corrected chi connectivity index (χ1v) is 8.49. The van der Waals surface area contributed by atoms with Gasteiger partial charge in [0.15, 0.2) is 0 Å². The van der Waals surface area contributed by atoms with Gasteiger partial charge in [0.05, 0.1) is 17.8 Å². The van der Waals surface area contributed by atoms with Crippen LogP contribution in [0.1, 0.15) is 72.1 Å². The van der Waals surface area contributed by atoms with Gasteiger partial charge in [0.1, 0.15) is 0 Å². The Balaban J connectivity index is 2.24. The molecule has 0 amide bonds. The van der Waals surface area contributed by atoms with Gasteiger partial charge in [-0.2, -0.15) is 0 Å². The Bertz CT molecular complexity index is 335. The Morgan fingerprint density at radius 1 is 1.30 bits per heavy atom. The highest BCUT2D eigenvalue weighted by molar-refractivity contribution is 5.06. The molecule has 118 valence electrons. The van der Waals surface area contributed by atoms with Gasteiger partial charge in [0.25, 0.3) is 0 Å². The van der Waals surface area contributed by atoms with E-state index < -0.39 is 5.60 Å². The molecule has 1 aliphatic heterocycles. The zero-order valence-electron chi connectivity index (χ0n) is 13.6. The molecule has 3 N–H and O–H groups in total. The molecule has 0 aromatic heterocycles. The fourth-order valence-electron chi connectivity index (χ4n) is 4.54. The van der Waals surface area contributed by atoms with E-state index in [-0.39, 0.29) is 11.0 Å². The summed E-state index contributed by atoms with van der Waals surface area (Å²) in [6.45, 7) is 7.83. The molecule has 0 radical (unpaired) electrons. The summed E-state index contributed by atoms with van der Waals surface area (Å²) in [5, 5.41) is 11.5. The third-order valence-electron chi connectivity index (χ3n) is 6.28. The number of aliphatic hydroxyl groups is 1. The van der Waals surface area contributed by atoms with Crippen LogP contribution in [0.3, 0.4) is 0 Å². The number of ether oxygens (including phenoxy) is 1. The highest BCUT2D eigenvalue weighted by atomic mass is 16.5. The van der Waals surface area contributed by atoms with Crippen LogP contribution >= 0.6 is 0 Å². The van der Waals surface area contributed by atoms with E-state index in [1.54, 1.807) is 0 Å². The average molecular weight is 283 g/mol. The minimum Gasteiger partial charge on any atom is -0.389 e. The van der Waals surface area contributed by atoms with Gasteiger partial charge in [-0.3, -0.25) is 0 Å². The molecule has 0 bridgehead atoms. The molecule has 4 unspecified atom stereocenters. The molecule has 1 saturated carbocycles. The first-order chi connectivity index (χ1) is 9.42. The minimum absolute atomic E-state index is 0.0911. The monoisotopic (exact) mass is 283 g/mol. The highest BCUT2D eigenvalue weighted by Crippen LogP contribution is 2.53. The lowest BCUT2D eigenvalue weighted by molar-refractivity contribution is -0.210. The molecule has 3 heteroatoms. The standard InChI is InChI=1S/C17H33NO2/c1-4-14-7-6-8-16(11-14,13-18)17(19)9-10-20-15(3,5-2)12-17/h14,19H,4-13,18H2,1-3H3. The van der Waals surface area contributed by atoms with Crippen LogP contribution in [0.4, 0.5) is 0 Å². The molecular weight excluding hydrogens is 250 g/mol. The van der Waals surface area contributed by atoms with Crippen LogP contribution in [0.5, 0.6) is 0 Å². The van der Waals surface area contributed by atoms with Crippen molar-refractivity contribution in [1.82, 2.24) is 0 Å². The van der Waals surface area contributed by atoms with E-state index in [0.717, 1.165) is 38.0 Å². The van der Waals surface area contributed by atoms with E-state index in [0.29, 0.717) is 13.2 Å². The summed E-state index contributed by atoms with van der Waals surface area (Å²) in [5.74, 6) is 0.729. The lowest BCUT2D eigenvalue weighted by Gasteiger charge is -2.56. The Morgan fingerprint density at radius 2 is 2.05 bits per heavy atom. The van der Waals surface area contributed by atoms with E-state index in [1.165, 1.54) is 19.3 Å². The summed E-state index contributed by atoms with van der Waals surface area (Å²) in [5.41, 5.74) is 5.28. The molecule has 1 heterocycles. The van der Waals surface area contributed by atoms with E-state index in [9.17, 15) is 5.11 Å². The third kappa shape index (κ3) is 2.77. The van der Waals surface area contributed by atoms with Crippen molar-refractivity contribution in [3.8, 4) is 0 Å². The van der Waals surface area contributed by atoms with Crippen molar-refractivity contribution in [2.75, 3.05) is 13.2 Å². The van der Waals surface area contributed by atoms with Crippen molar-refractivity contribution >= 4 is 0 Å². The molecule has 0 spiro atoms. The first kappa shape index (κ1) is 16.3. The number of rotatable bonds is 4. The van der Waals surface area contributed by atoms with Crippen LogP contribution in [0.25, 0.3) is 0 Å². The van der Waals surface area contributed by atoms with Gasteiger partial charge in [0.2, 0.25) is 0 Å². The summed E-state index contributed by atoms with van der Waals surface area (Å²) >= 11 is 0. The fraction of sp³-hybridized carbons (Fsp3) is 1.00. The zero-order chi connectivity index (χ0) is 14.9. The van der Waals surface area contributed by atoms with Crippen LogP contribution in [0.2, 0.25) is 0 Å². The lowest BCUT2D eigenvalue weighted by Crippen LogP contribution is -2.60. The SMILES string of the molecule is CCC1CCCC(CN)(C2(O)CCOC(C)(CC)C2)C1. The zero-order valence-corrected chi connectivity index (χ0v) is 13.6. The topological polar surface area (TPSA) is 55.5 Å². The Hall–Kier alpha value is -0.120. The number of hydrogen-bond acceptors (Lipinski definition) is 3. The van der Waals surface area contributed by atoms with Crippen molar-refractivity contribution in [2.45, 2.75) is 83.3 Å². The summed E-state index contributed by atoms with van der Waals surface area (Å²) < 4.78 is 5.94. The molecule has 3 nitrogen and oxygen atoms in total. The van der Waals surface area contributed by atoms with Crippen LogP contribution < -0.4 is 5.73 Å². The van der Waals surface area contributed by atoms with E-state index >= 15 is 0 Å². The van der Waals surface area contributed by atoms with E-state index in [1.807, 2.05) is 0 Å². The van der Waals surface area contributed by atoms with Gasteiger partial charge < -0.3 is 15.6 Å². The Labute approximate surface area is 124 Å². The number of nitrogens with two attached hydrogens (primary N) is 1. The molecule has 1 saturated heterocycles. The molecule has 2 fully saturated rings. The van der Waals surface area contributed by atoms with Crippen molar-refractivity contribution in [2.24, 2.45) is 17.1 Å². The number of hydrogen-bond donors (Lipinski definition) is 2. The maximum absolute atomic E-state index is 11.5. The largest absolute Gasteiger partial charge is 0.389 e. The molecule has 1 aliphatic carbocycles. The van der Waals surface area contributed by atoms with Gasteiger partial charge >= 0.3 is 0 Å². The van der Waals surface area contributed by atoms with Crippen molar-refractivity contribution < 1.29 is 9.84 Å². The van der Waals surface area contributed by atoms with Crippen LogP contribution in [-0.4, -0.2) is 29.5 Å². The molecule has 0 aromatic carbocycles. The van der Waals surface area contributed by atoms with Crippen LogP contribution in [0.15, 0.2) is 0 Å². The smallest absolute Gasteiger partial charge is 0.0765 e. The van der Waals surface area contributed by atoms with Gasteiger partial charge in [0, 0.05) is 24.8 Å². The average Bonchev–Trinajstić information content (AvgIpc) is 2.47. The molecular formula is C17H33NO2. The van der Waals surface area contributed by atoms with E-state index in [4.69, 9.17) is 10.5 Å². The van der Waals surface area contributed by atoms with Gasteiger partial charge in [-0.05, 0) is 32.1 Å². The summed E-state index contributed by atoms with van der Waals surface area (Å²) in [6.07, 6.45) is 8.33. The molecule has 20 heavy (non-hydrogen) atoms. The predicted octanol–water partition coefficient (Wildman–Crippen LogP) is 3.24. The second-order valence-electron chi connectivity index (χ2n) is 7.47.